The maximum absolute atomic E-state index is 11.6. The van der Waals surface area contributed by atoms with Gasteiger partial charge in [0, 0.05) is 31.5 Å². The van der Waals surface area contributed by atoms with E-state index in [-0.39, 0.29) is 27.2 Å². The Kier molecular flexibility index (Phi) is 10.5. The summed E-state index contributed by atoms with van der Waals surface area (Å²) in [5, 5.41) is 0. The zero-order valence-electron chi connectivity index (χ0n) is 8.00. The van der Waals surface area contributed by atoms with E-state index in [1.54, 1.807) is 20.1 Å². The first-order chi connectivity index (χ1) is 5.93. The van der Waals surface area contributed by atoms with E-state index in [2.05, 4.69) is 11.7 Å². The monoisotopic (exact) mass is 341 g/mol. The van der Waals surface area contributed by atoms with Crippen molar-refractivity contribution in [2.45, 2.75) is 33.0 Å². The molecule has 0 heterocycles. The van der Waals surface area contributed by atoms with E-state index in [9.17, 15) is 9.36 Å². The molecule has 0 N–H and O–H groups in total. The summed E-state index contributed by atoms with van der Waals surface area (Å²) in [7, 11) is 0.671. The zero-order chi connectivity index (χ0) is 10.5. The summed E-state index contributed by atoms with van der Waals surface area (Å²) < 4.78 is 21.5. The van der Waals surface area contributed by atoms with Crippen molar-refractivity contribution in [2.75, 3.05) is 0 Å². The molecule has 2 unspecified atom stereocenters. The molecule has 84 valence electrons. The van der Waals surface area contributed by atoms with E-state index in [1.165, 1.54) is 6.92 Å². The average molecular weight is 339 g/mol. The summed E-state index contributed by atoms with van der Waals surface area (Å²) >= 11 is 3.76. The van der Waals surface area contributed by atoms with E-state index in [0.29, 0.717) is 10.4 Å². The minimum Gasteiger partial charge on any atom is -0.539 e. The van der Waals surface area contributed by atoms with E-state index in [0.717, 1.165) is 0 Å². The third-order valence-corrected chi connectivity index (χ3v) is 5.26. The van der Waals surface area contributed by atoms with Gasteiger partial charge in [-0.25, -0.2) is 10.9 Å². The van der Waals surface area contributed by atoms with Crippen molar-refractivity contribution in [2.24, 2.45) is 0 Å². The van der Waals surface area contributed by atoms with Crippen LogP contribution in [0.15, 0.2) is 0 Å². The number of rotatable bonds is 6. The van der Waals surface area contributed by atoms with Gasteiger partial charge in [0.25, 0.3) is 0 Å². The van der Waals surface area contributed by atoms with Crippen LogP contribution in [0.2, 0.25) is 0 Å². The van der Waals surface area contributed by atoms with Crippen molar-refractivity contribution in [1.82, 2.24) is 0 Å². The summed E-state index contributed by atoms with van der Waals surface area (Å²) in [5.41, 5.74) is 0. The summed E-state index contributed by atoms with van der Waals surface area (Å²) in [6, 6.07) is 0. The summed E-state index contributed by atoms with van der Waals surface area (Å²) in [5.74, 6) is 0. The van der Waals surface area contributed by atoms with Crippen molar-refractivity contribution >= 4 is 35.2 Å². The molecule has 0 aliphatic heterocycles. The molecule has 14 heavy (non-hydrogen) atoms. The summed E-state index contributed by atoms with van der Waals surface area (Å²) in [6.07, 6.45) is 0.439. The van der Waals surface area contributed by atoms with Gasteiger partial charge in [0.15, 0.2) is 0 Å². The van der Waals surface area contributed by atoms with E-state index >= 15 is 0 Å². The number of hydrogen-bond donors (Lipinski definition) is 1. The Morgan fingerprint density at radius 2 is 1.86 bits per heavy atom. The van der Waals surface area contributed by atoms with Crippen LogP contribution in [0.3, 0.4) is 0 Å². The quantitative estimate of drug-likeness (QED) is 0.265. The fourth-order valence-corrected chi connectivity index (χ4v) is 3.44. The van der Waals surface area contributed by atoms with Crippen LogP contribution in [0.1, 0.15) is 20.8 Å². The van der Waals surface area contributed by atoms with Crippen LogP contribution in [0, 0.1) is 0 Å². The fourth-order valence-electron chi connectivity index (χ4n) is 0.537. The molecule has 0 aromatic rings. The summed E-state index contributed by atoms with van der Waals surface area (Å²) in [4.78, 5) is 10.1. The zero-order valence-corrected chi connectivity index (χ0v) is 12.6. The second-order valence-corrected chi connectivity index (χ2v) is 7.33. The molecule has 0 fully saturated rings. The first-order valence-electron chi connectivity index (χ1n) is 3.61. The topological polar surface area (TPSA) is 52.6 Å². The van der Waals surface area contributed by atoms with Gasteiger partial charge in [0.2, 0.25) is 0 Å². The molecule has 0 aromatic heterocycles. The molecule has 2 atom stereocenters. The minimum atomic E-state index is -3.31. The van der Waals surface area contributed by atoms with E-state index in [1.807, 2.05) is 0 Å². The Balaban J connectivity index is 0. The van der Waals surface area contributed by atoms with Gasteiger partial charge in [-0.1, -0.05) is 18.6 Å². The second kappa shape index (κ2) is 8.37. The van der Waals surface area contributed by atoms with Gasteiger partial charge in [-0.2, -0.15) is 0 Å². The molecule has 0 rings (SSSR count). The maximum atomic E-state index is 11.6. The van der Waals surface area contributed by atoms with Crippen LogP contribution in [0.4, 0.5) is 0 Å². The molecular formula is C6H12MoO4PS2-. The first-order valence-corrected chi connectivity index (χ1v) is 7.63. The Morgan fingerprint density at radius 1 is 1.36 bits per heavy atom. The average Bonchev–Trinajstić information content (AvgIpc) is 2.02. The van der Waals surface area contributed by atoms with Gasteiger partial charge in [-0.05, 0) is 20.0 Å². The van der Waals surface area contributed by atoms with Crippen LogP contribution in [0.25, 0.3) is 0 Å². The predicted molar refractivity (Wildman–Crippen MR) is 56.6 cm³/mol. The van der Waals surface area contributed by atoms with E-state index < -0.39 is 12.9 Å². The molecule has 0 aliphatic rings. The van der Waals surface area contributed by atoms with Crippen molar-refractivity contribution in [1.29, 1.82) is 0 Å². The van der Waals surface area contributed by atoms with Gasteiger partial charge in [0.05, 0.1) is 6.10 Å². The first kappa shape index (κ1) is 17.6. The Labute approximate surface area is 107 Å². The van der Waals surface area contributed by atoms with Gasteiger partial charge in [0.1, 0.15) is 0 Å². The molecule has 0 radical (unpaired) electrons. The van der Waals surface area contributed by atoms with Gasteiger partial charge in [-0.3, -0.25) is 4.52 Å². The molecule has 0 bridgehead atoms. The second-order valence-electron chi connectivity index (χ2n) is 2.55. The molecule has 0 amide bonds. The fraction of sp³-hybridized carbons (Fsp3) is 0.833. The van der Waals surface area contributed by atoms with Gasteiger partial charge in [-0.15, -0.1) is 0 Å². The Hall–Kier alpha value is 1.21. The number of carbonyl (C=O) groups excluding carboxylic acids is 1. The molecule has 0 saturated heterocycles. The molecule has 0 aromatic carbocycles. The predicted octanol–water partition coefficient (Wildman–Crippen LogP) is 2.61. The minimum absolute atomic E-state index is 0. The Bertz CT molecular complexity index is 214. The number of hydrogen-bond acceptors (Lipinski definition) is 6. The normalized spacial score (nSPS) is 16.9. The maximum Gasteiger partial charge on any atom is 0.397 e. The van der Waals surface area contributed by atoms with Crippen LogP contribution in [0.5, 0.6) is 0 Å². The van der Waals surface area contributed by atoms with Gasteiger partial charge < -0.3 is 9.32 Å². The Morgan fingerprint density at radius 3 is 2.14 bits per heavy atom. The van der Waals surface area contributed by atoms with Crippen molar-refractivity contribution in [3.63, 3.8) is 0 Å². The third kappa shape index (κ3) is 7.49. The van der Waals surface area contributed by atoms with Crippen LogP contribution >= 0.6 is 28.9 Å². The molecule has 8 heteroatoms. The number of thiol groups is 1. The SMILES string of the molecule is CC(C)OP(=O)(OC(C)[C-]=O)SS.[Mo]. The largest absolute Gasteiger partial charge is 0.539 e. The van der Waals surface area contributed by atoms with Crippen LogP contribution in [-0.2, 0) is 39.5 Å². The van der Waals surface area contributed by atoms with E-state index in [4.69, 9.17) is 9.05 Å². The van der Waals surface area contributed by atoms with Crippen molar-refractivity contribution < 1.29 is 39.5 Å². The van der Waals surface area contributed by atoms with Gasteiger partial charge >= 0.3 is 6.80 Å². The molecule has 0 aliphatic carbocycles. The van der Waals surface area contributed by atoms with Crippen LogP contribution < -0.4 is 0 Å². The van der Waals surface area contributed by atoms with Crippen molar-refractivity contribution in [3.05, 3.63) is 0 Å². The molecule has 0 saturated carbocycles. The molecule has 0 spiro atoms. The third-order valence-electron chi connectivity index (χ3n) is 0.893. The molecule has 4 nitrogen and oxygen atoms in total. The smallest absolute Gasteiger partial charge is 0.397 e. The molecular weight excluding hydrogens is 327 g/mol. The van der Waals surface area contributed by atoms with Crippen LogP contribution in [-0.4, -0.2) is 18.5 Å². The standard InChI is InChI=1S/C6H12O4PS2.Mo/c1-5(2)9-11(8,13-12)10-6(3)4-7;/h5-6,12H,1-3H3;/q-1;. The summed E-state index contributed by atoms with van der Waals surface area (Å²) in [6.45, 7) is 1.56. The van der Waals surface area contributed by atoms with Crippen molar-refractivity contribution in [3.8, 4) is 0 Å².